The normalized spacial score (nSPS) is 14.1. The van der Waals surface area contributed by atoms with Gasteiger partial charge in [0, 0.05) is 25.6 Å². The Kier molecular flexibility index (Phi) is 5.97. The molecular formula is C21H26N2O3S. The number of nitrogens with one attached hydrogen (secondary N) is 1. The predicted octanol–water partition coefficient (Wildman–Crippen LogP) is 3.16. The number of nitrogens with zero attached hydrogens (tertiary/aromatic N) is 1. The molecule has 0 bridgehead atoms. The summed E-state index contributed by atoms with van der Waals surface area (Å²) in [7, 11) is -3.61. The molecular weight excluding hydrogens is 360 g/mol. The van der Waals surface area contributed by atoms with Gasteiger partial charge < -0.3 is 4.90 Å². The number of amides is 1. The van der Waals surface area contributed by atoms with Crippen LogP contribution in [-0.4, -0.2) is 31.8 Å². The van der Waals surface area contributed by atoms with Crippen molar-refractivity contribution < 1.29 is 13.2 Å². The second-order valence-electron chi connectivity index (χ2n) is 7.16. The summed E-state index contributed by atoms with van der Waals surface area (Å²) < 4.78 is 27.6. The summed E-state index contributed by atoms with van der Waals surface area (Å²) in [6, 6.07) is 15.4. The van der Waals surface area contributed by atoms with Gasteiger partial charge in [0.2, 0.25) is 15.9 Å². The van der Waals surface area contributed by atoms with Gasteiger partial charge in [-0.2, -0.15) is 0 Å². The molecule has 0 heterocycles. The van der Waals surface area contributed by atoms with E-state index in [2.05, 4.69) is 4.72 Å². The van der Waals surface area contributed by atoms with Crippen molar-refractivity contribution in [1.82, 2.24) is 9.62 Å². The summed E-state index contributed by atoms with van der Waals surface area (Å²) in [5.41, 5.74) is 2.81. The van der Waals surface area contributed by atoms with Crippen LogP contribution in [0.25, 0.3) is 0 Å². The molecule has 3 rings (SSSR count). The van der Waals surface area contributed by atoms with Crippen LogP contribution in [0.4, 0.5) is 0 Å². The predicted molar refractivity (Wildman–Crippen MR) is 106 cm³/mol. The second-order valence-corrected chi connectivity index (χ2v) is 8.89. The average molecular weight is 387 g/mol. The third-order valence-electron chi connectivity index (χ3n) is 4.75. The minimum absolute atomic E-state index is 0.00955. The van der Waals surface area contributed by atoms with Crippen LogP contribution in [0.1, 0.15) is 36.0 Å². The number of benzene rings is 2. The van der Waals surface area contributed by atoms with Crippen LogP contribution in [0.2, 0.25) is 0 Å². The van der Waals surface area contributed by atoms with Crippen molar-refractivity contribution in [3.63, 3.8) is 0 Å². The Morgan fingerprint density at radius 3 is 2.44 bits per heavy atom. The molecule has 2 aromatic rings. The molecule has 0 atom stereocenters. The largest absolute Gasteiger partial charge is 0.335 e. The molecule has 6 heteroatoms. The highest BCUT2D eigenvalue weighted by Crippen LogP contribution is 2.29. The number of hydrogen-bond acceptors (Lipinski definition) is 3. The molecule has 27 heavy (non-hydrogen) atoms. The molecule has 1 saturated carbocycles. The smallest absolute Gasteiger partial charge is 0.240 e. The zero-order valence-electron chi connectivity index (χ0n) is 15.8. The van der Waals surface area contributed by atoms with Gasteiger partial charge in [-0.05, 0) is 43.9 Å². The van der Waals surface area contributed by atoms with Gasteiger partial charge in [-0.1, -0.05) is 48.0 Å². The Morgan fingerprint density at radius 1 is 1.11 bits per heavy atom. The molecule has 1 aliphatic carbocycles. The molecule has 144 valence electrons. The van der Waals surface area contributed by atoms with Crippen LogP contribution >= 0.6 is 0 Å². The number of carbonyl (C=O) groups is 1. The zero-order valence-corrected chi connectivity index (χ0v) is 16.6. The van der Waals surface area contributed by atoms with E-state index in [0.29, 0.717) is 12.1 Å². The summed E-state index contributed by atoms with van der Waals surface area (Å²) in [4.78, 5) is 14.8. The highest BCUT2D eigenvalue weighted by molar-refractivity contribution is 7.89. The molecule has 0 aliphatic heterocycles. The van der Waals surface area contributed by atoms with E-state index in [1.807, 2.05) is 48.2 Å². The van der Waals surface area contributed by atoms with Gasteiger partial charge in [0.15, 0.2) is 0 Å². The van der Waals surface area contributed by atoms with E-state index in [1.165, 1.54) is 0 Å². The van der Waals surface area contributed by atoms with Gasteiger partial charge >= 0.3 is 0 Å². The van der Waals surface area contributed by atoms with Crippen LogP contribution in [-0.2, 0) is 21.4 Å². The number of hydrogen-bond donors (Lipinski definition) is 1. The molecule has 5 nitrogen and oxygen atoms in total. The highest BCUT2D eigenvalue weighted by Gasteiger charge is 2.32. The molecule has 0 saturated heterocycles. The van der Waals surface area contributed by atoms with Crippen molar-refractivity contribution >= 4 is 15.9 Å². The first kappa shape index (κ1) is 19.6. The molecule has 0 spiro atoms. The van der Waals surface area contributed by atoms with E-state index in [1.54, 1.807) is 19.1 Å². The van der Waals surface area contributed by atoms with Crippen molar-refractivity contribution in [3.05, 3.63) is 65.2 Å². The fourth-order valence-electron chi connectivity index (χ4n) is 3.20. The number of sulfonamides is 1. The van der Waals surface area contributed by atoms with Gasteiger partial charge in [0.25, 0.3) is 0 Å². The average Bonchev–Trinajstić information content (AvgIpc) is 3.45. The lowest BCUT2D eigenvalue weighted by Crippen LogP contribution is -2.35. The number of aryl methyl sites for hydroxylation is 2. The molecule has 1 fully saturated rings. The monoisotopic (exact) mass is 386 g/mol. The lowest BCUT2D eigenvalue weighted by molar-refractivity contribution is -0.132. The van der Waals surface area contributed by atoms with E-state index in [4.69, 9.17) is 0 Å². The molecule has 0 radical (unpaired) electrons. The molecule has 0 unspecified atom stereocenters. The maximum atomic E-state index is 12.7. The second kappa shape index (κ2) is 8.23. The first-order valence-corrected chi connectivity index (χ1v) is 10.8. The van der Waals surface area contributed by atoms with Crippen LogP contribution < -0.4 is 4.72 Å². The van der Waals surface area contributed by atoms with Crippen LogP contribution in [0.3, 0.4) is 0 Å². The maximum absolute atomic E-state index is 12.7. The minimum Gasteiger partial charge on any atom is -0.335 e. The lowest BCUT2D eigenvalue weighted by atomic mass is 10.2. The third kappa shape index (κ3) is 5.17. The molecule has 2 aromatic carbocycles. The van der Waals surface area contributed by atoms with Gasteiger partial charge in [-0.3, -0.25) is 4.79 Å². The third-order valence-corrected chi connectivity index (χ3v) is 6.38. The first-order valence-electron chi connectivity index (χ1n) is 9.27. The Labute approximate surface area is 161 Å². The zero-order chi connectivity index (χ0) is 19.4. The summed E-state index contributed by atoms with van der Waals surface area (Å²) >= 11 is 0. The Hall–Kier alpha value is -2.18. The van der Waals surface area contributed by atoms with Gasteiger partial charge in [-0.25, -0.2) is 13.1 Å². The van der Waals surface area contributed by atoms with E-state index >= 15 is 0 Å². The molecule has 1 N–H and O–H groups in total. The topological polar surface area (TPSA) is 66.5 Å². The van der Waals surface area contributed by atoms with E-state index < -0.39 is 10.0 Å². The van der Waals surface area contributed by atoms with E-state index in [0.717, 1.165) is 24.0 Å². The summed E-state index contributed by atoms with van der Waals surface area (Å²) in [6.07, 6.45) is 2.20. The molecule has 1 aliphatic rings. The van der Waals surface area contributed by atoms with Crippen molar-refractivity contribution in [2.24, 2.45) is 0 Å². The van der Waals surface area contributed by atoms with Crippen molar-refractivity contribution in [2.75, 3.05) is 6.54 Å². The number of carbonyl (C=O) groups excluding carboxylic acids is 1. The summed E-state index contributed by atoms with van der Waals surface area (Å²) in [5, 5.41) is 0. The SMILES string of the molecule is Cc1ccc(S(=O)(=O)NCCC(=O)N(Cc2ccccc2)C2CC2)c(C)c1. The lowest BCUT2D eigenvalue weighted by Gasteiger charge is -2.23. The highest BCUT2D eigenvalue weighted by atomic mass is 32.2. The Bertz CT molecular complexity index is 906. The fourth-order valence-corrected chi connectivity index (χ4v) is 4.46. The number of rotatable bonds is 8. The van der Waals surface area contributed by atoms with Gasteiger partial charge in [-0.15, -0.1) is 0 Å². The van der Waals surface area contributed by atoms with E-state index in [9.17, 15) is 13.2 Å². The van der Waals surface area contributed by atoms with Crippen molar-refractivity contribution in [3.8, 4) is 0 Å². The quantitative estimate of drug-likeness (QED) is 0.758. The Balaban J connectivity index is 1.59. The van der Waals surface area contributed by atoms with Crippen molar-refractivity contribution in [2.45, 2.75) is 50.6 Å². The Morgan fingerprint density at radius 2 is 1.81 bits per heavy atom. The van der Waals surface area contributed by atoms with Crippen LogP contribution in [0, 0.1) is 13.8 Å². The van der Waals surface area contributed by atoms with Crippen molar-refractivity contribution in [1.29, 1.82) is 0 Å². The summed E-state index contributed by atoms with van der Waals surface area (Å²) in [6.45, 7) is 4.39. The standard InChI is InChI=1S/C21H26N2O3S/c1-16-8-11-20(17(2)14-16)27(25,26)22-13-12-21(24)23(19-9-10-19)15-18-6-4-3-5-7-18/h3-8,11,14,19,22H,9-10,12-13,15H2,1-2H3. The fraction of sp³-hybridized carbons (Fsp3) is 0.381. The maximum Gasteiger partial charge on any atom is 0.240 e. The molecule has 1 amide bonds. The minimum atomic E-state index is -3.61. The van der Waals surface area contributed by atoms with E-state index in [-0.39, 0.29) is 29.8 Å². The van der Waals surface area contributed by atoms with Gasteiger partial charge in [0.1, 0.15) is 0 Å². The van der Waals surface area contributed by atoms with Gasteiger partial charge in [0.05, 0.1) is 4.90 Å². The molecule has 0 aromatic heterocycles. The first-order chi connectivity index (χ1) is 12.9. The van der Waals surface area contributed by atoms with Crippen LogP contribution in [0.5, 0.6) is 0 Å². The summed E-state index contributed by atoms with van der Waals surface area (Å²) in [5.74, 6) is -0.00955. The van der Waals surface area contributed by atoms with Crippen LogP contribution in [0.15, 0.2) is 53.4 Å².